The number of nitrogens with zero attached hydrogens (tertiary/aromatic N) is 5. The highest BCUT2D eigenvalue weighted by atomic mass is 15.3. The highest BCUT2D eigenvalue weighted by Gasteiger charge is 2.40. The monoisotopic (exact) mass is 424 g/mol. The second-order valence-electron chi connectivity index (χ2n) is 9.17. The van der Waals surface area contributed by atoms with Crippen molar-refractivity contribution >= 4 is 22.3 Å². The number of fused-ring (bicyclic) bond motifs is 4. The largest absolute Gasteiger partial charge is 0.369 e. The maximum Gasteiger partial charge on any atom is 0.101 e. The number of rotatable bonds is 2. The topological polar surface area (TPSA) is 58.4 Å². The molecule has 3 aliphatic rings. The molecule has 2 saturated heterocycles. The molecule has 2 fully saturated rings. The van der Waals surface area contributed by atoms with Crippen molar-refractivity contribution in [3.05, 3.63) is 65.4 Å². The lowest BCUT2D eigenvalue weighted by Crippen LogP contribution is -2.51. The van der Waals surface area contributed by atoms with Crippen LogP contribution < -0.4 is 15.1 Å². The van der Waals surface area contributed by atoms with E-state index in [0.717, 1.165) is 56.7 Å². The molecular weight excluding hydrogens is 396 g/mol. The molecule has 0 radical (unpaired) electrons. The summed E-state index contributed by atoms with van der Waals surface area (Å²) in [5.74, 6) is 0. The quantitative estimate of drug-likeness (QED) is 0.681. The predicted molar refractivity (Wildman–Crippen MR) is 128 cm³/mol. The Morgan fingerprint density at radius 1 is 1.00 bits per heavy atom. The third-order valence-corrected chi connectivity index (χ3v) is 7.40. The van der Waals surface area contributed by atoms with Gasteiger partial charge in [-0.3, -0.25) is 9.88 Å². The standard InChI is InChI=1S/C26H28N6/c1-18-15-31(24-8-7-19(14-27)26-21(24)5-3-9-29-26)17-25-20-4-2-6-23(22(20)16-32(18)25)30-12-10-28-11-13-30/h2-9,18,25,28H,10-13,15-17H2,1H3/t18-,25-/m1/s1. The van der Waals surface area contributed by atoms with Crippen LogP contribution in [0, 0.1) is 11.3 Å². The summed E-state index contributed by atoms with van der Waals surface area (Å²) in [6.07, 6.45) is 1.78. The van der Waals surface area contributed by atoms with E-state index in [1.165, 1.54) is 22.5 Å². The Morgan fingerprint density at radius 2 is 1.88 bits per heavy atom. The van der Waals surface area contributed by atoms with Gasteiger partial charge in [0.05, 0.1) is 17.1 Å². The summed E-state index contributed by atoms with van der Waals surface area (Å²) in [6.45, 7) is 9.58. The van der Waals surface area contributed by atoms with Gasteiger partial charge in [-0.1, -0.05) is 12.1 Å². The molecule has 1 N–H and O–H groups in total. The van der Waals surface area contributed by atoms with Crippen molar-refractivity contribution in [1.82, 2.24) is 15.2 Å². The molecule has 0 unspecified atom stereocenters. The van der Waals surface area contributed by atoms with E-state index in [0.29, 0.717) is 17.6 Å². The van der Waals surface area contributed by atoms with Crippen molar-refractivity contribution in [2.24, 2.45) is 0 Å². The molecule has 6 heteroatoms. The Morgan fingerprint density at radius 3 is 2.72 bits per heavy atom. The van der Waals surface area contributed by atoms with E-state index in [1.807, 2.05) is 12.1 Å². The Labute approximate surface area is 189 Å². The van der Waals surface area contributed by atoms with Crippen molar-refractivity contribution in [3.8, 4) is 6.07 Å². The second-order valence-corrected chi connectivity index (χ2v) is 9.17. The fourth-order valence-corrected chi connectivity index (χ4v) is 5.84. The minimum Gasteiger partial charge on any atom is -0.369 e. The zero-order chi connectivity index (χ0) is 21.7. The van der Waals surface area contributed by atoms with Crippen LogP contribution in [0.15, 0.2) is 48.7 Å². The van der Waals surface area contributed by atoms with Crippen molar-refractivity contribution < 1.29 is 0 Å². The summed E-state index contributed by atoms with van der Waals surface area (Å²) < 4.78 is 0. The van der Waals surface area contributed by atoms with Gasteiger partial charge in [0, 0.05) is 74.8 Å². The molecule has 0 saturated carbocycles. The summed E-state index contributed by atoms with van der Waals surface area (Å²) >= 11 is 0. The van der Waals surface area contributed by atoms with Crippen molar-refractivity contribution in [3.63, 3.8) is 0 Å². The van der Waals surface area contributed by atoms with E-state index in [1.54, 1.807) is 6.20 Å². The van der Waals surface area contributed by atoms with E-state index in [2.05, 4.69) is 68.3 Å². The van der Waals surface area contributed by atoms with Crippen LogP contribution in [0.2, 0.25) is 0 Å². The number of hydrogen-bond acceptors (Lipinski definition) is 6. The molecule has 0 aliphatic carbocycles. The third-order valence-electron chi connectivity index (χ3n) is 7.40. The van der Waals surface area contributed by atoms with Crippen LogP contribution in [0.4, 0.5) is 11.4 Å². The fraction of sp³-hybridized carbons (Fsp3) is 0.385. The molecule has 6 rings (SSSR count). The van der Waals surface area contributed by atoms with Gasteiger partial charge in [-0.2, -0.15) is 5.26 Å². The molecule has 0 spiro atoms. The summed E-state index contributed by atoms with van der Waals surface area (Å²) in [5.41, 5.74) is 7.04. The van der Waals surface area contributed by atoms with E-state index in [-0.39, 0.29) is 0 Å². The van der Waals surface area contributed by atoms with Crippen molar-refractivity contribution in [2.75, 3.05) is 49.1 Å². The van der Waals surface area contributed by atoms with Gasteiger partial charge < -0.3 is 15.1 Å². The molecule has 6 nitrogen and oxygen atoms in total. The Hall–Kier alpha value is -3.14. The van der Waals surface area contributed by atoms with Crippen LogP contribution in [0.25, 0.3) is 10.9 Å². The molecule has 0 amide bonds. The van der Waals surface area contributed by atoms with Gasteiger partial charge in [-0.25, -0.2) is 0 Å². The number of anilines is 2. The Kier molecular flexibility index (Phi) is 4.74. The molecule has 162 valence electrons. The average molecular weight is 425 g/mol. The fourth-order valence-electron chi connectivity index (χ4n) is 5.84. The first-order valence-corrected chi connectivity index (χ1v) is 11.6. The van der Waals surface area contributed by atoms with E-state index in [9.17, 15) is 5.26 Å². The lowest BCUT2D eigenvalue weighted by molar-refractivity contribution is 0.134. The van der Waals surface area contributed by atoms with Gasteiger partial charge in [-0.05, 0) is 48.4 Å². The zero-order valence-electron chi connectivity index (χ0n) is 18.5. The number of nitriles is 1. The maximum absolute atomic E-state index is 9.53. The van der Waals surface area contributed by atoms with Crippen LogP contribution in [0.5, 0.6) is 0 Å². The summed E-state index contributed by atoms with van der Waals surface area (Å²) in [4.78, 5) is 12.3. The van der Waals surface area contributed by atoms with Crippen LogP contribution >= 0.6 is 0 Å². The van der Waals surface area contributed by atoms with Gasteiger partial charge in [0.25, 0.3) is 0 Å². The first-order valence-electron chi connectivity index (χ1n) is 11.6. The van der Waals surface area contributed by atoms with Crippen molar-refractivity contribution in [1.29, 1.82) is 5.26 Å². The maximum atomic E-state index is 9.53. The smallest absolute Gasteiger partial charge is 0.101 e. The molecular formula is C26H28N6. The minimum atomic E-state index is 0.388. The van der Waals surface area contributed by atoms with Gasteiger partial charge in [0.2, 0.25) is 0 Å². The summed E-state index contributed by atoms with van der Waals surface area (Å²) in [6, 6.07) is 18.1. The number of nitrogens with one attached hydrogen (secondary N) is 1. The normalized spacial score (nSPS) is 23.1. The molecule has 2 atom stereocenters. The summed E-state index contributed by atoms with van der Waals surface area (Å²) in [7, 11) is 0. The predicted octanol–water partition coefficient (Wildman–Crippen LogP) is 3.28. The van der Waals surface area contributed by atoms with E-state index >= 15 is 0 Å². The highest BCUT2D eigenvalue weighted by Crippen LogP contribution is 2.44. The lowest BCUT2D eigenvalue weighted by atomic mass is 9.99. The third kappa shape index (κ3) is 3.04. The Bertz CT molecular complexity index is 1210. The van der Waals surface area contributed by atoms with E-state index in [4.69, 9.17) is 0 Å². The molecule has 3 aliphatic heterocycles. The number of aromatic nitrogens is 1. The SMILES string of the molecule is C[C@@H]1CN(c2ccc(C#N)c3ncccc23)C[C@@H]2c3cccc(N4CCNCC4)c3CN12. The van der Waals surface area contributed by atoms with E-state index < -0.39 is 0 Å². The van der Waals surface area contributed by atoms with Gasteiger partial charge in [-0.15, -0.1) is 0 Å². The number of pyridine rings is 1. The molecule has 0 bridgehead atoms. The lowest BCUT2D eigenvalue weighted by Gasteiger charge is -2.43. The minimum absolute atomic E-state index is 0.388. The van der Waals surface area contributed by atoms with Gasteiger partial charge >= 0.3 is 0 Å². The van der Waals surface area contributed by atoms with Crippen LogP contribution in [0.1, 0.15) is 29.7 Å². The first-order chi connectivity index (χ1) is 15.7. The first kappa shape index (κ1) is 19.5. The van der Waals surface area contributed by atoms with Gasteiger partial charge in [0.1, 0.15) is 6.07 Å². The van der Waals surface area contributed by atoms with Crippen molar-refractivity contribution in [2.45, 2.75) is 25.6 Å². The number of hydrogen-bond donors (Lipinski definition) is 1. The zero-order valence-corrected chi connectivity index (χ0v) is 18.5. The molecule has 4 heterocycles. The molecule has 1 aromatic heterocycles. The van der Waals surface area contributed by atoms with Gasteiger partial charge in [0.15, 0.2) is 0 Å². The van der Waals surface area contributed by atoms with Crippen LogP contribution in [-0.2, 0) is 6.54 Å². The molecule has 32 heavy (non-hydrogen) atoms. The average Bonchev–Trinajstić information content (AvgIpc) is 3.23. The van der Waals surface area contributed by atoms with Crippen LogP contribution in [-0.4, -0.2) is 55.2 Å². The highest BCUT2D eigenvalue weighted by molar-refractivity contribution is 5.95. The molecule has 3 aromatic rings. The summed E-state index contributed by atoms with van der Waals surface area (Å²) in [5, 5.41) is 14.1. The Balaban J connectivity index is 1.37. The second kappa shape index (κ2) is 7.77. The van der Waals surface area contributed by atoms with Crippen LogP contribution in [0.3, 0.4) is 0 Å². The number of benzene rings is 2. The molecule has 2 aromatic carbocycles. The number of piperazine rings is 2.